The third kappa shape index (κ3) is 7.11. The first-order valence-corrected chi connectivity index (χ1v) is 13.2. The molecule has 10 heteroatoms. The van der Waals surface area contributed by atoms with Gasteiger partial charge in [0, 0.05) is 18.1 Å². The van der Waals surface area contributed by atoms with Crippen molar-refractivity contribution in [3.63, 3.8) is 0 Å². The number of likely N-dealkylation sites (N-methyl/N-ethyl adjacent to an activating group) is 1. The predicted octanol–water partition coefficient (Wildman–Crippen LogP) is 3.37. The fraction of sp³-hybridized carbons (Fsp3) is 0.417. The van der Waals surface area contributed by atoms with E-state index in [1.54, 1.807) is 58.2 Å². The number of anilines is 1. The molecule has 0 aromatic heterocycles. The van der Waals surface area contributed by atoms with Gasteiger partial charge in [0.1, 0.15) is 18.3 Å². The number of benzene rings is 2. The molecular weight excluding hydrogens is 478 g/mol. The fourth-order valence-electron chi connectivity index (χ4n) is 3.63. The van der Waals surface area contributed by atoms with Crippen LogP contribution in [0, 0.1) is 6.92 Å². The summed E-state index contributed by atoms with van der Waals surface area (Å²) < 4.78 is 31.7. The summed E-state index contributed by atoms with van der Waals surface area (Å²) in [4.78, 5) is 27.8. The van der Waals surface area contributed by atoms with E-state index >= 15 is 0 Å². The summed E-state index contributed by atoms with van der Waals surface area (Å²) >= 11 is 6.11. The maximum Gasteiger partial charge on any atom is 0.244 e. The zero-order valence-electron chi connectivity index (χ0n) is 20.2. The zero-order chi connectivity index (χ0) is 25.5. The molecular formula is C24H32ClN3O5S. The topological polar surface area (TPSA) is 96.0 Å². The Morgan fingerprint density at radius 3 is 2.44 bits per heavy atom. The number of methoxy groups -OCH3 is 1. The lowest BCUT2D eigenvalue weighted by atomic mass is 10.1. The van der Waals surface area contributed by atoms with E-state index in [0.717, 1.165) is 16.1 Å². The molecule has 2 rings (SSSR count). The first-order chi connectivity index (χ1) is 16.0. The fourth-order valence-corrected chi connectivity index (χ4v) is 4.69. The van der Waals surface area contributed by atoms with Crippen molar-refractivity contribution in [3.05, 3.63) is 58.6 Å². The highest BCUT2D eigenvalue weighted by atomic mass is 35.5. The van der Waals surface area contributed by atoms with Crippen molar-refractivity contribution in [2.45, 2.75) is 39.8 Å². The number of hydrogen-bond acceptors (Lipinski definition) is 5. The minimum absolute atomic E-state index is 0.109. The van der Waals surface area contributed by atoms with E-state index in [-0.39, 0.29) is 12.5 Å². The Kier molecular flexibility index (Phi) is 9.76. The number of rotatable bonds is 11. The van der Waals surface area contributed by atoms with Crippen LogP contribution < -0.4 is 14.4 Å². The van der Waals surface area contributed by atoms with Crippen molar-refractivity contribution in [1.82, 2.24) is 10.2 Å². The van der Waals surface area contributed by atoms with Crippen LogP contribution in [0.25, 0.3) is 0 Å². The van der Waals surface area contributed by atoms with Crippen LogP contribution in [-0.2, 0) is 26.2 Å². The minimum atomic E-state index is -3.83. The summed E-state index contributed by atoms with van der Waals surface area (Å²) in [7, 11) is -2.28. The molecule has 0 fully saturated rings. The van der Waals surface area contributed by atoms with Gasteiger partial charge in [-0.05, 0) is 55.7 Å². The van der Waals surface area contributed by atoms with Gasteiger partial charge in [-0.1, -0.05) is 36.7 Å². The monoisotopic (exact) mass is 509 g/mol. The Hall–Kier alpha value is -2.78. The third-order valence-corrected chi connectivity index (χ3v) is 6.70. The average molecular weight is 510 g/mol. The first kappa shape index (κ1) is 27.5. The van der Waals surface area contributed by atoms with Crippen molar-refractivity contribution < 1.29 is 22.7 Å². The molecule has 1 atom stereocenters. The average Bonchev–Trinajstić information content (AvgIpc) is 2.78. The summed E-state index contributed by atoms with van der Waals surface area (Å²) in [6, 6.07) is 11.3. The number of carbonyl (C=O) groups is 2. The van der Waals surface area contributed by atoms with Crippen molar-refractivity contribution in [2.24, 2.45) is 0 Å². The van der Waals surface area contributed by atoms with Gasteiger partial charge in [0.05, 0.1) is 19.1 Å². The maximum absolute atomic E-state index is 13.6. The summed E-state index contributed by atoms with van der Waals surface area (Å²) in [6.07, 6.45) is 1.39. The summed E-state index contributed by atoms with van der Waals surface area (Å²) in [5.74, 6) is -0.194. The minimum Gasteiger partial charge on any atom is -0.497 e. The SMILES string of the molecule is CCNC(=O)[C@H](CC)N(Cc1cccc(OC)c1)C(=O)CN(c1cc(Cl)ccc1C)S(C)(=O)=O. The van der Waals surface area contributed by atoms with Crippen LogP contribution >= 0.6 is 11.6 Å². The lowest BCUT2D eigenvalue weighted by Crippen LogP contribution is -2.52. The van der Waals surface area contributed by atoms with Gasteiger partial charge in [-0.25, -0.2) is 8.42 Å². The highest BCUT2D eigenvalue weighted by Gasteiger charge is 2.32. The second-order valence-electron chi connectivity index (χ2n) is 7.89. The van der Waals surface area contributed by atoms with E-state index in [1.165, 1.54) is 11.0 Å². The molecule has 2 aromatic rings. The number of carbonyl (C=O) groups excluding carboxylic acids is 2. The maximum atomic E-state index is 13.6. The standard InChI is InChI=1S/C24H32ClN3O5S/c1-6-21(24(30)26-7-2)27(15-18-9-8-10-20(13-18)33-4)23(29)16-28(34(5,31)32)22-14-19(25)12-11-17(22)3/h8-14,21H,6-7,15-16H2,1-5H3,(H,26,30)/t21-/m0/s1. The summed E-state index contributed by atoms with van der Waals surface area (Å²) in [5, 5.41) is 3.12. The number of ether oxygens (including phenoxy) is 1. The van der Waals surface area contributed by atoms with E-state index in [4.69, 9.17) is 16.3 Å². The molecule has 0 unspecified atom stereocenters. The molecule has 8 nitrogen and oxygen atoms in total. The lowest BCUT2D eigenvalue weighted by Gasteiger charge is -2.33. The van der Waals surface area contributed by atoms with E-state index in [2.05, 4.69) is 5.32 Å². The number of hydrogen-bond donors (Lipinski definition) is 1. The molecule has 2 aromatic carbocycles. The van der Waals surface area contributed by atoms with Crippen LogP contribution in [0.5, 0.6) is 5.75 Å². The van der Waals surface area contributed by atoms with Crippen LogP contribution in [0.4, 0.5) is 5.69 Å². The summed E-state index contributed by atoms with van der Waals surface area (Å²) in [6.45, 7) is 5.39. The first-order valence-electron chi connectivity index (χ1n) is 11.0. The van der Waals surface area contributed by atoms with Crippen LogP contribution in [0.1, 0.15) is 31.4 Å². The number of aryl methyl sites for hydroxylation is 1. The third-order valence-electron chi connectivity index (χ3n) is 5.34. The van der Waals surface area contributed by atoms with Gasteiger partial charge in [-0.15, -0.1) is 0 Å². The van der Waals surface area contributed by atoms with E-state index in [1.807, 2.05) is 6.07 Å². The number of halogens is 1. The van der Waals surface area contributed by atoms with E-state index in [0.29, 0.717) is 35.0 Å². The number of sulfonamides is 1. The highest BCUT2D eigenvalue weighted by Crippen LogP contribution is 2.27. The Labute approximate surface area is 206 Å². The molecule has 0 aliphatic heterocycles. The molecule has 0 radical (unpaired) electrons. The van der Waals surface area contributed by atoms with Gasteiger partial charge >= 0.3 is 0 Å². The van der Waals surface area contributed by atoms with Gasteiger partial charge in [0.2, 0.25) is 21.8 Å². The van der Waals surface area contributed by atoms with Crippen molar-refractivity contribution in [2.75, 3.05) is 30.8 Å². The van der Waals surface area contributed by atoms with Crippen molar-refractivity contribution >= 4 is 39.1 Å². The van der Waals surface area contributed by atoms with Crippen molar-refractivity contribution in [1.29, 1.82) is 0 Å². The van der Waals surface area contributed by atoms with Gasteiger partial charge < -0.3 is 15.0 Å². The molecule has 0 aliphatic rings. The smallest absolute Gasteiger partial charge is 0.244 e. The molecule has 2 amide bonds. The van der Waals surface area contributed by atoms with Gasteiger partial charge in [-0.2, -0.15) is 0 Å². The lowest BCUT2D eigenvalue weighted by molar-refractivity contribution is -0.140. The molecule has 0 bridgehead atoms. The van der Waals surface area contributed by atoms with Crippen LogP contribution in [0.3, 0.4) is 0 Å². The van der Waals surface area contributed by atoms with Crippen LogP contribution in [0.15, 0.2) is 42.5 Å². The van der Waals surface area contributed by atoms with Crippen LogP contribution in [-0.4, -0.2) is 57.6 Å². The Morgan fingerprint density at radius 1 is 1.15 bits per heavy atom. The second-order valence-corrected chi connectivity index (χ2v) is 10.2. The van der Waals surface area contributed by atoms with E-state index < -0.39 is 28.5 Å². The van der Waals surface area contributed by atoms with Gasteiger partial charge in [-0.3, -0.25) is 13.9 Å². The van der Waals surface area contributed by atoms with Crippen LogP contribution in [0.2, 0.25) is 5.02 Å². The molecule has 0 saturated carbocycles. The Morgan fingerprint density at radius 2 is 1.85 bits per heavy atom. The molecule has 186 valence electrons. The van der Waals surface area contributed by atoms with E-state index in [9.17, 15) is 18.0 Å². The second kappa shape index (κ2) is 12.1. The normalized spacial score (nSPS) is 12.1. The Balaban J connectivity index is 2.49. The number of nitrogens with one attached hydrogen (secondary N) is 1. The molecule has 1 N–H and O–H groups in total. The predicted molar refractivity (Wildman–Crippen MR) is 135 cm³/mol. The molecule has 0 saturated heterocycles. The highest BCUT2D eigenvalue weighted by molar-refractivity contribution is 7.92. The summed E-state index contributed by atoms with van der Waals surface area (Å²) in [5.41, 5.74) is 1.72. The molecule has 0 spiro atoms. The molecule has 0 heterocycles. The molecule has 0 aliphatic carbocycles. The van der Waals surface area contributed by atoms with Gasteiger partial charge in [0.15, 0.2) is 0 Å². The quantitative estimate of drug-likeness (QED) is 0.501. The zero-order valence-corrected chi connectivity index (χ0v) is 21.7. The molecule has 34 heavy (non-hydrogen) atoms. The largest absolute Gasteiger partial charge is 0.497 e. The number of amides is 2. The van der Waals surface area contributed by atoms with Crippen molar-refractivity contribution in [3.8, 4) is 5.75 Å². The Bertz CT molecular complexity index is 1120. The van der Waals surface area contributed by atoms with Gasteiger partial charge in [0.25, 0.3) is 0 Å². The number of nitrogens with zero attached hydrogens (tertiary/aromatic N) is 2.